The number of amides is 1. The lowest BCUT2D eigenvalue weighted by Gasteiger charge is -2.32. The Bertz CT molecular complexity index is 783. The summed E-state index contributed by atoms with van der Waals surface area (Å²) >= 11 is 5.98. The zero-order valence-electron chi connectivity index (χ0n) is 16.5. The van der Waals surface area contributed by atoms with Gasteiger partial charge in [-0.25, -0.2) is 4.79 Å². The minimum absolute atomic E-state index is 0.0417. The number of aliphatic hydroxyl groups is 1. The van der Waals surface area contributed by atoms with Crippen LogP contribution in [0.5, 0.6) is 0 Å². The average molecular weight is 420 g/mol. The van der Waals surface area contributed by atoms with Crippen LogP contribution < -0.4 is 0 Å². The van der Waals surface area contributed by atoms with E-state index in [9.17, 15) is 14.7 Å². The first-order valence-electron chi connectivity index (χ1n) is 9.50. The molecule has 1 N–H and O–H groups in total. The molecule has 2 unspecified atom stereocenters. The van der Waals surface area contributed by atoms with Crippen molar-refractivity contribution < 1.29 is 24.2 Å². The number of methoxy groups -OCH3 is 1. The Balaban J connectivity index is 1.87. The van der Waals surface area contributed by atoms with Gasteiger partial charge < -0.3 is 19.5 Å². The van der Waals surface area contributed by atoms with Crippen LogP contribution in [0.2, 0.25) is 5.02 Å². The van der Waals surface area contributed by atoms with Gasteiger partial charge in [-0.3, -0.25) is 4.79 Å². The van der Waals surface area contributed by atoms with E-state index < -0.39 is 12.1 Å². The molecule has 2 atom stereocenters. The molecular formula is C22H26ClNO5. The second-order valence-electron chi connectivity index (χ2n) is 6.69. The normalized spacial score (nSPS) is 17.7. The lowest BCUT2D eigenvalue weighted by Crippen LogP contribution is -2.42. The predicted octanol–water partition coefficient (Wildman–Crippen LogP) is 2.37. The molecule has 0 radical (unpaired) electrons. The van der Waals surface area contributed by atoms with Gasteiger partial charge in [0.05, 0.1) is 25.8 Å². The topological polar surface area (TPSA) is 76.1 Å². The fraction of sp³-hybridized carbons (Fsp3) is 0.455. The van der Waals surface area contributed by atoms with E-state index in [1.54, 1.807) is 17.0 Å². The van der Waals surface area contributed by atoms with Crippen molar-refractivity contribution in [3.8, 4) is 11.8 Å². The highest BCUT2D eigenvalue weighted by molar-refractivity contribution is 6.30. The SMILES string of the molecule is COC(=O)COCC#CCN1C(=O)CCCC1C=CC(O)Cc1cccc(Cl)c1. The van der Waals surface area contributed by atoms with Crippen LogP contribution in [0.25, 0.3) is 0 Å². The smallest absolute Gasteiger partial charge is 0.331 e. The van der Waals surface area contributed by atoms with Gasteiger partial charge in [-0.2, -0.15) is 0 Å². The summed E-state index contributed by atoms with van der Waals surface area (Å²) in [5.74, 6) is 5.29. The van der Waals surface area contributed by atoms with Crippen molar-refractivity contribution in [2.24, 2.45) is 0 Å². The number of esters is 1. The molecule has 156 valence electrons. The van der Waals surface area contributed by atoms with Crippen molar-refractivity contribution in [1.82, 2.24) is 4.90 Å². The Hall–Kier alpha value is -2.33. The van der Waals surface area contributed by atoms with Gasteiger partial charge in [-0.05, 0) is 30.5 Å². The Morgan fingerprint density at radius 1 is 1.45 bits per heavy atom. The second-order valence-corrected chi connectivity index (χ2v) is 7.13. The van der Waals surface area contributed by atoms with Gasteiger partial charge in [-0.15, -0.1) is 0 Å². The maximum absolute atomic E-state index is 12.3. The molecule has 1 amide bonds. The summed E-state index contributed by atoms with van der Waals surface area (Å²) in [6, 6.07) is 7.28. The standard InChI is InChI=1S/C22H26ClNO5/c1-28-22(27)16-29-13-3-2-12-24-19(8-5-9-21(24)26)10-11-20(25)15-17-6-4-7-18(23)14-17/h4,6-7,10-11,14,19-20,25H,5,8-9,12-13,15-16H2,1H3. The van der Waals surface area contributed by atoms with Crippen LogP contribution in [0.3, 0.4) is 0 Å². The van der Waals surface area contributed by atoms with Gasteiger partial charge in [0.2, 0.25) is 5.91 Å². The molecule has 0 saturated carbocycles. The quantitative estimate of drug-likeness (QED) is 0.303. The minimum atomic E-state index is -0.662. The molecule has 1 heterocycles. The maximum atomic E-state index is 12.3. The number of likely N-dealkylation sites (tertiary alicyclic amines) is 1. The van der Waals surface area contributed by atoms with E-state index in [0.29, 0.717) is 17.9 Å². The molecular weight excluding hydrogens is 394 g/mol. The molecule has 29 heavy (non-hydrogen) atoms. The van der Waals surface area contributed by atoms with Crippen LogP contribution in [0.15, 0.2) is 36.4 Å². The van der Waals surface area contributed by atoms with Crippen molar-refractivity contribution in [2.75, 3.05) is 26.9 Å². The zero-order chi connectivity index (χ0) is 21.1. The van der Waals surface area contributed by atoms with Crippen molar-refractivity contribution in [3.63, 3.8) is 0 Å². The number of nitrogens with zero attached hydrogens (tertiary/aromatic N) is 1. The number of ether oxygens (including phenoxy) is 2. The minimum Gasteiger partial charge on any atom is -0.467 e. The Morgan fingerprint density at radius 3 is 3.03 bits per heavy atom. The van der Waals surface area contributed by atoms with Crippen LogP contribution in [0.4, 0.5) is 0 Å². The number of hydrogen-bond donors (Lipinski definition) is 1. The van der Waals surface area contributed by atoms with E-state index in [1.807, 2.05) is 24.3 Å². The third kappa shape index (κ3) is 8.28. The van der Waals surface area contributed by atoms with E-state index >= 15 is 0 Å². The summed E-state index contributed by atoms with van der Waals surface area (Å²) in [6.45, 7) is 0.222. The van der Waals surface area contributed by atoms with E-state index in [-0.39, 0.29) is 31.7 Å². The Labute approximate surface area is 176 Å². The molecule has 1 aliphatic rings. The highest BCUT2D eigenvalue weighted by Crippen LogP contribution is 2.19. The molecule has 0 bridgehead atoms. The van der Waals surface area contributed by atoms with E-state index in [4.69, 9.17) is 16.3 Å². The Kier molecular flexibility index (Phi) is 9.72. The number of carbonyl (C=O) groups excluding carboxylic acids is 2. The highest BCUT2D eigenvalue weighted by atomic mass is 35.5. The third-order valence-corrected chi connectivity index (χ3v) is 4.73. The van der Waals surface area contributed by atoms with Crippen LogP contribution in [-0.4, -0.2) is 60.9 Å². The van der Waals surface area contributed by atoms with Crippen molar-refractivity contribution in [3.05, 3.63) is 47.0 Å². The van der Waals surface area contributed by atoms with Gasteiger partial charge >= 0.3 is 5.97 Å². The van der Waals surface area contributed by atoms with E-state index in [2.05, 4.69) is 16.6 Å². The predicted molar refractivity (Wildman–Crippen MR) is 110 cm³/mol. The first kappa shape index (κ1) is 23.0. The lowest BCUT2D eigenvalue weighted by molar-refractivity contribution is -0.145. The fourth-order valence-corrected chi connectivity index (χ4v) is 3.23. The molecule has 0 aromatic heterocycles. The van der Waals surface area contributed by atoms with Crippen LogP contribution in [0.1, 0.15) is 24.8 Å². The monoisotopic (exact) mass is 419 g/mol. The fourth-order valence-electron chi connectivity index (χ4n) is 3.02. The maximum Gasteiger partial charge on any atom is 0.331 e. The molecule has 1 saturated heterocycles. The summed E-state index contributed by atoms with van der Waals surface area (Å²) in [6.07, 6.45) is 5.53. The van der Waals surface area contributed by atoms with Gasteiger partial charge in [0, 0.05) is 17.9 Å². The van der Waals surface area contributed by atoms with Crippen molar-refractivity contribution in [2.45, 2.75) is 37.8 Å². The van der Waals surface area contributed by atoms with Crippen molar-refractivity contribution in [1.29, 1.82) is 0 Å². The number of hydrogen-bond acceptors (Lipinski definition) is 5. The molecule has 1 fully saturated rings. The Morgan fingerprint density at radius 2 is 2.28 bits per heavy atom. The summed E-state index contributed by atoms with van der Waals surface area (Å²) in [7, 11) is 1.29. The summed E-state index contributed by atoms with van der Waals surface area (Å²) < 4.78 is 9.54. The van der Waals surface area contributed by atoms with E-state index in [1.165, 1.54) is 7.11 Å². The molecule has 1 aliphatic heterocycles. The molecule has 1 aromatic rings. The number of carbonyl (C=O) groups is 2. The number of piperidine rings is 1. The second kappa shape index (κ2) is 12.3. The number of aliphatic hydroxyl groups excluding tert-OH is 1. The molecule has 0 spiro atoms. The molecule has 0 aliphatic carbocycles. The van der Waals surface area contributed by atoms with Crippen LogP contribution in [0, 0.1) is 11.8 Å². The van der Waals surface area contributed by atoms with Crippen molar-refractivity contribution >= 4 is 23.5 Å². The molecule has 7 heteroatoms. The molecule has 2 rings (SSSR count). The van der Waals surface area contributed by atoms with E-state index in [0.717, 1.165) is 18.4 Å². The van der Waals surface area contributed by atoms with Gasteiger partial charge in [0.25, 0.3) is 0 Å². The summed E-state index contributed by atoms with van der Waals surface area (Å²) in [5.41, 5.74) is 0.948. The van der Waals surface area contributed by atoms with Gasteiger partial charge in [-0.1, -0.05) is 47.7 Å². The molecule has 6 nitrogen and oxygen atoms in total. The van der Waals surface area contributed by atoms with Gasteiger partial charge in [0.1, 0.15) is 13.2 Å². The number of halogens is 1. The summed E-state index contributed by atoms with van der Waals surface area (Å²) in [5, 5.41) is 10.9. The number of benzene rings is 1. The lowest BCUT2D eigenvalue weighted by atomic mass is 9.99. The zero-order valence-corrected chi connectivity index (χ0v) is 17.2. The first-order chi connectivity index (χ1) is 14.0. The summed E-state index contributed by atoms with van der Waals surface area (Å²) in [4.78, 5) is 24.9. The number of rotatable bonds is 8. The third-order valence-electron chi connectivity index (χ3n) is 4.50. The largest absolute Gasteiger partial charge is 0.467 e. The average Bonchev–Trinajstić information content (AvgIpc) is 2.70. The molecule has 1 aromatic carbocycles. The van der Waals surface area contributed by atoms with Gasteiger partial charge in [0.15, 0.2) is 0 Å². The van der Waals surface area contributed by atoms with Crippen LogP contribution >= 0.6 is 11.6 Å². The van der Waals surface area contributed by atoms with Crippen LogP contribution in [-0.2, 0) is 25.5 Å². The highest BCUT2D eigenvalue weighted by Gasteiger charge is 2.25. The first-order valence-corrected chi connectivity index (χ1v) is 9.88.